The van der Waals surface area contributed by atoms with Crippen molar-refractivity contribution in [2.45, 2.75) is 19.0 Å². The highest BCUT2D eigenvalue weighted by Crippen LogP contribution is 2.47. The number of amides is 1. The lowest BCUT2D eigenvalue weighted by atomic mass is 10.0. The Kier molecular flexibility index (Phi) is 2.67. The lowest BCUT2D eigenvalue weighted by Crippen LogP contribution is -2.27. The van der Waals surface area contributed by atoms with Gasteiger partial charge < -0.3 is 4.90 Å². The Bertz CT molecular complexity index is 723. The van der Waals surface area contributed by atoms with Gasteiger partial charge in [0.25, 0.3) is 0 Å². The summed E-state index contributed by atoms with van der Waals surface area (Å²) in [6.07, 6.45) is 0.338. The second-order valence-corrected chi connectivity index (χ2v) is 5.71. The van der Waals surface area contributed by atoms with Crippen LogP contribution in [-0.4, -0.2) is 16.6 Å². The first-order valence-electron chi connectivity index (χ1n) is 7.22. The highest BCUT2D eigenvalue weighted by Gasteiger charge is 2.50. The lowest BCUT2D eigenvalue weighted by Gasteiger charge is -2.24. The van der Waals surface area contributed by atoms with Crippen LogP contribution in [0.3, 0.4) is 0 Å². The van der Waals surface area contributed by atoms with Crippen LogP contribution < -0.4 is 0 Å². The maximum atomic E-state index is 12.4. The zero-order chi connectivity index (χ0) is 14.4. The van der Waals surface area contributed by atoms with E-state index < -0.39 is 0 Å². The van der Waals surface area contributed by atoms with E-state index in [-0.39, 0.29) is 23.7 Å². The number of likely N-dealkylation sites (tertiary alicyclic amines) is 1. The minimum absolute atomic E-state index is 0.0803. The molecule has 0 saturated carbocycles. The predicted molar refractivity (Wildman–Crippen MR) is 78.6 cm³/mol. The topological polar surface area (TPSA) is 37.4 Å². The molecule has 2 aromatic carbocycles. The van der Waals surface area contributed by atoms with Gasteiger partial charge in [-0.2, -0.15) is 0 Å². The number of nitrogens with zero attached hydrogens (tertiary/aromatic N) is 1. The Morgan fingerprint density at radius 2 is 1.67 bits per heavy atom. The molecule has 0 spiro atoms. The maximum absolute atomic E-state index is 12.4. The number of ketones is 1. The van der Waals surface area contributed by atoms with E-state index in [1.807, 2.05) is 59.5 Å². The summed E-state index contributed by atoms with van der Waals surface area (Å²) in [5.41, 5.74) is 2.90. The normalized spacial score (nSPS) is 23.3. The molecule has 1 saturated heterocycles. The van der Waals surface area contributed by atoms with Gasteiger partial charge in [0.05, 0.1) is 12.0 Å². The Balaban J connectivity index is 1.73. The summed E-state index contributed by atoms with van der Waals surface area (Å²) < 4.78 is 0. The molecule has 1 amide bonds. The monoisotopic (exact) mass is 277 g/mol. The van der Waals surface area contributed by atoms with E-state index in [9.17, 15) is 9.59 Å². The summed E-state index contributed by atoms with van der Waals surface area (Å²) in [5.74, 6) is 0.00910. The van der Waals surface area contributed by atoms with E-state index in [0.717, 1.165) is 16.7 Å². The fraction of sp³-hybridized carbons (Fsp3) is 0.222. The smallest absolute Gasteiger partial charge is 0.224 e. The van der Waals surface area contributed by atoms with Crippen LogP contribution in [0, 0.1) is 5.92 Å². The zero-order valence-electron chi connectivity index (χ0n) is 11.5. The third-order valence-electron chi connectivity index (χ3n) is 4.51. The van der Waals surface area contributed by atoms with Crippen LogP contribution >= 0.6 is 0 Å². The van der Waals surface area contributed by atoms with E-state index in [1.165, 1.54) is 0 Å². The van der Waals surface area contributed by atoms with Gasteiger partial charge >= 0.3 is 0 Å². The Morgan fingerprint density at radius 1 is 0.952 bits per heavy atom. The van der Waals surface area contributed by atoms with Crippen molar-refractivity contribution in [1.82, 2.24) is 4.90 Å². The first-order valence-corrected chi connectivity index (χ1v) is 7.22. The van der Waals surface area contributed by atoms with Crippen molar-refractivity contribution in [3.8, 4) is 0 Å². The van der Waals surface area contributed by atoms with Crippen molar-refractivity contribution < 1.29 is 9.59 Å². The van der Waals surface area contributed by atoms with Crippen molar-refractivity contribution in [2.75, 3.05) is 0 Å². The van der Waals surface area contributed by atoms with Crippen LogP contribution in [0.15, 0.2) is 54.6 Å². The van der Waals surface area contributed by atoms with Crippen molar-refractivity contribution in [3.05, 3.63) is 71.3 Å². The number of hydrogen-bond acceptors (Lipinski definition) is 2. The molecule has 2 aliphatic rings. The summed E-state index contributed by atoms with van der Waals surface area (Å²) in [4.78, 5) is 26.6. The molecule has 1 heterocycles. The highest BCUT2D eigenvalue weighted by molar-refractivity contribution is 6.06. The number of benzene rings is 2. The number of Topliss-reactive ketones (excluding diaryl/α,β-unsaturated/α-hetero) is 1. The van der Waals surface area contributed by atoms with Crippen molar-refractivity contribution in [2.24, 2.45) is 5.92 Å². The number of hydrogen-bond donors (Lipinski definition) is 0. The van der Waals surface area contributed by atoms with Crippen molar-refractivity contribution in [3.63, 3.8) is 0 Å². The van der Waals surface area contributed by atoms with E-state index >= 15 is 0 Å². The van der Waals surface area contributed by atoms with Gasteiger partial charge in [-0.05, 0) is 11.1 Å². The molecule has 21 heavy (non-hydrogen) atoms. The minimum atomic E-state index is -0.196. The average Bonchev–Trinajstić information content (AvgIpc) is 2.98. The SMILES string of the molecule is O=C1c2ccccc2[C@H]2[C@H]1CC(=O)N2Cc1ccccc1. The summed E-state index contributed by atoms with van der Waals surface area (Å²) in [5, 5.41) is 0. The standard InChI is InChI=1S/C18H15NO2/c20-16-10-15-17(13-8-4-5-9-14(13)18(15)21)19(16)11-12-6-2-1-3-7-12/h1-9,15,17H,10-11H2/t15-,17+/m1/s1. The molecule has 3 nitrogen and oxygen atoms in total. The first kappa shape index (κ1) is 12.3. The second-order valence-electron chi connectivity index (χ2n) is 5.71. The van der Waals surface area contributed by atoms with Gasteiger partial charge in [-0.1, -0.05) is 54.6 Å². The van der Waals surface area contributed by atoms with E-state index in [2.05, 4.69) is 0 Å². The Labute approximate surface area is 123 Å². The quantitative estimate of drug-likeness (QED) is 0.846. The number of fused-ring (bicyclic) bond motifs is 3. The third kappa shape index (κ3) is 1.81. The molecule has 1 aliphatic carbocycles. The van der Waals surface area contributed by atoms with Gasteiger partial charge in [0.1, 0.15) is 0 Å². The highest BCUT2D eigenvalue weighted by atomic mass is 16.2. The van der Waals surface area contributed by atoms with Gasteiger partial charge in [-0.25, -0.2) is 0 Å². The predicted octanol–water partition coefficient (Wildman–Crippen LogP) is 2.97. The second kappa shape index (κ2) is 4.55. The molecule has 0 radical (unpaired) electrons. The van der Waals surface area contributed by atoms with E-state index in [1.54, 1.807) is 0 Å². The van der Waals surface area contributed by atoms with Gasteiger partial charge in [0.15, 0.2) is 5.78 Å². The summed E-state index contributed by atoms with van der Waals surface area (Å²) in [6.45, 7) is 0.572. The summed E-state index contributed by atoms with van der Waals surface area (Å²) >= 11 is 0. The fourth-order valence-electron chi connectivity index (χ4n) is 3.56. The van der Waals surface area contributed by atoms with Gasteiger partial charge in [-0.3, -0.25) is 9.59 Å². The zero-order valence-corrected chi connectivity index (χ0v) is 11.5. The molecule has 1 fully saturated rings. The molecule has 3 heteroatoms. The number of rotatable bonds is 2. The molecule has 2 atom stereocenters. The van der Waals surface area contributed by atoms with Gasteiger partial charge in [0, 0.05) is 18.5 Å². The van der Waals surface area contributed by atoms with Crippen LogP contribution in [0.4, 0.5) is 0 Å². The van der Waals surface area contributed by atoms with Crippen LogP contribution in [0.25, 0.3) is 0 Å². The van der Waals surface area contributed by atoms with Gasteiger partial charge in [-0.15, -0.1) is 0 Å². The molecule has 2 aromatic rings. The minimum Gasteiger partial charge on any atom is -0.331 e. The van der Waals surface area contributed by atoms with Crippen LogP contribution in [0.2, 0.25) is 0 Å². The summed E-state index contributed by atoms with van der Waals surface area (Å²) in [6, 6.07) is 17.6. The molecule has 0 unspecified atom stereocenters. The van der Waals surface area contributed by atoms with Crippen LogP contribution in [-0.2, 0) is 11.3 Å². The summed E-state index contributed by atoms with van der Waals surface area (Å²) in [7, 11) is 0. The first-order chi connectivity index (χ1) is 10.3. The lowest BCUT2D eigenvalue weighted by molar-refractivity contribution is -0.129. The molecule has 1 aliphatic heterocycles. The third-order valence-corrected chi connectivity index (χ3v) is 4.51. The number of carbonyl (C=O) groups is 2. The molecular weight excluding hydrogens is 262 g/mol. The maximum Gasteiger partial charge on any atom is 0.224 e. The Morgan fingerprint density at radius 3 is 2.48 bits per heavy atom. The molecule has 4 rings (SSSR count). The van der Waals surface area contributed by atoms with Crippen LogP contribution in [0.5, 0.6) is 0 Å². The molecule has 0 bridgehead atoms. The molecule has 104 valence electrons. The molecule has 0 aromatic heterocycles. The van der Waals surface area contributed by atoms with Gasteiger partial charge in [0.2, 0.25) is 5.91 Å². The fourth-order valence-corrected chi connectivity index (χ4v) is 3.56. The Hall–Kier alpha value is -2.42. The molecular formula is C18H15NO2. The molecule has 0 N–H and O–H groups in total. The van der Waals surface area contributed by atoms with Crippen molar-refractivity contribution in [1.29, 1.82) is 0 Å². The van der Waals surface area contributed by atoms with E-state index in [4.69, 9.17) is 0 Å². The number of carbonyl (C=O) groups excluding carboxylic acids is 2. The van der Waals surface area contributed by atoms with E-state index in [0.29, 0.717) is 13.0 Å². The van der Waals surface area contributed by atoms with Crippen LogP contribution in [0.1, 0.15) is 33.9 Å². The largest absolute Gasteiger partial charge is 0.331 e. The van der Waals surface area contributed by atoms with Crippen molar-refractivity contribution >= 4 is 11.7 Å². The average molecular weight is 277 g/mol.